The molecule has 1 fully saturated rings. The fourth-order valence-electron chi connectivity index (χ4n) is 2.84. The zero-order valence-corrected chi connectivity index (χ0v) is 14.9. The van der Waals surface area contributed by atoms with E-state index in [-0.39, 0.29) is 10.8 Å². The SMILES string of the molecule is CCNS(=O)(=O)c1ccc(CC(=O)N2CC[C@@H](C)[C@H](C)C2)cc1. The van der Waals surface area contributed by atoms with Crippen LogP contribution in [0.1, 0.15) is 32.8 Å². The highest BCUT2D eigenvalue weighted by Crippen LogP contribution is 2.23. The maximum atomic E-state index is 12.4. The van der Waals surface area contributed by atoms with Crippen LogP contribution >= 0.6 is 0 Å². The lowest BCUT2D eigenvalue weighted by Crippen LogP contribution is -2.42. The Hall–Kier alpha value is -1.40. The van der Waals surface area contributed by atoms with Gasteiger partial charge in [0.2, 0.25) is 15.9 Å². The van der Waals surface area contributed by atoms with E-state index in [0.717, 1.165) is 25.1 Å². The van der Waals surface area contributed by atoms with Crippen LogP contribution < -0.4 is 4.72 Å². The molecule has 0 saturated carbocycles. The second-order valence-corrected chi connectivity index (χ2v) is 8.17. The molecule has 1 saturated heterocycles. The number of likely N-dealkylation sites (tertiary alicyclic amines) is 1. The zero-order valence-electron chi connectivity index (χ0n) is 14.1. The number of nitrogens with one attached hydrogen (secondary N) is 1. The Bertz CT molecular complexity index is 640. The summed E-state index contributed by atoms with van der Waals surface area (Å²) in [6, 6.07) is 6.55. The number of amides is 1. The third-order valence-corrected chi connectivity index (χ3v) is 6.17. The Balaban J connectivity index is 2.00. The molecular weight excluding hydrogens is 312 g/mol. The first-order valence-electron chi connectivity index (χ1n) is 8.20. The molecule has 0 spiro atoms. The molecule has 2 rings (SSSR count). The van der Waals surface area contributed by atoms with Gasteiger partial charge in [0, 0.05) is 19.6 Å². The van der Waals surface area contributed by atoms with Crippen molar-refractivity contribution in [2.24, 2.45) is 11.8 Å². The molecule has 5 nitrogen and oxygen atoms in total. The summed E-state index contributed by atoms with van der Waals surface area (Å²) in [5.74, 6) is 1.31. The summed E-state index contributed by atoms with van der Waals surface area (Å²) in [5.41, 5.74) is 0.844. The summed E-state index contributed by atoms with van der Waals surface area (Å²) in [6.45, 7) is 8.14. The van der Waals surface area contributed by atoms with E-state index >= 15 is 0 Å². The molecular formula is C17H26N2O3S. The third kappa shape index (κ3) is 4.54. The fraction of sp³-hybridized carbons (Fsp3) is 0.588. The molecule has 2 atom stereocenters. The van der Waals surface area contributed by atoms with Crippen molar-refractivity contribution in [3.8, 4) is 0 Å². The molecule has 1 aromatic rings. The summed E-state index contributed by atoms with van der Waals surface area (Å²) >= 11 is 0. The topological polar surface area (TPSA) is 66.5 Å². The molecule has 128 valence electrons. The second-order valence-electron chi connectivity index (χ2n) is 6.41. The Morgan fingerprint density at radius 1 is 1.22 bits per heavy atom. The van der Waals surface area contributed by atoms with Gasteiger partial charge in [0.1, 0.15) is 0 Å². The molecule has 0 aliphatic carbocycles. The molecule has 1 N–H and O–H groups in total. The van der Waals surface area contributed by atoms with Crippen molar-refractivity contribution in [2.45, 2.75) is 38.5 Å². The molecule has 23 heavy (non-hydrogen) atoms. The maximum absolute atomic E-state index is 12.4. The number of carbonyl (C=O) groups is 1. The second kappa shape index (κ2) is 7.45. The first-order valence-corrected chi connectivity index (χ1v) is 9.68. The van der Waals surface area contributed by atoms with Gasteiger partial charge in [-0.05, 0) is 36.0 Å². The van der Waals surface area contributed by atoms with Crippen molar-refractivity contribution in [2.75, 3.05) is 19.6 Å². The van der Waals surface area contributed by atoms with Crippen molar-refractivity contribution in [3.63, 3.8) is 0 Å². The number of sulfonamides is 1. The average Bonchev–Trinajstić information content (AvgIpc) is 2.50. The number of hydrogen-bond donors (Lipinski definition) is 1. The van der Waals surface area contributed by atoms with Gasteiger partial charge in [-0.15, -0.1) is 0 Å². The monoisotopic (exact) mass is 338 g/mol. The Morgan fingerprint density at radius 3 is 2.43 bits per heavy atom. The Labute approximate surface area is 139 Å². The average molecular weight is 338 g/mol. The van der Waals surface area contributed by atoms with E-state index in [9.17, 15) is 13.2 Å². The Morgan fingerprint density at radius 2 is 1.87 bits per heavy atom. The Kier molecular flexibility index (Phi) is 5.81. The van der Waals surface area contributed by atoms with Crippen molar-refractivity contribution in [3.05, 3.63) is 29.8 Å². The lowest BCUT2D eigenvalue weighted by molar-refractivity contribution is -0.132. The predicted molar refractivity (Wildman–Crippen MR) is 90.5 cm³/mol. The van der Waals surface area contributed by atoms with Crippen molar-refractivity contribution in [1.82, 2.24) is 9.62 Å². The minimum atomic E-state index is -3.43. The van der Waals surface area contributed by atoms with Gasteiger partial charge in [-0.2, -0.15) is 0 Å². The van der Waals surface area contributed by atoms with E-state index in [0.29, 0.717) is 24.8 Å². The van der Waals surface area contributed by atoms with Crippen LogP contribution in [0.2, 0.25) is 0 Å². The van der Waals surface area contributed by atoms with Crippen LogP contribution in [0, 0.1) is 11.8 Å². The van der Waals surface area contributed by atoms with Crippen LogP contribution in [-0.4, -0.2) is 38.9 Å². The highest BCUT2D eigenvalue weighted by atomic mass is 32.2. The fourth-order valence-corrected chi connectivity index (χ4v) is 3.88. The number of hydrogen-bond acceptors (Lipinski definition) is 3. The normalized spacial score (nSPS) is 22.1. The van der Waals surface area contributed by atoms with Gasteiger partial charge in [-0.1, -0.05) is 32.9 Å². The number of piperidine rings is 1. The van der Waals surface area contributed by atoms with E-state index in [1.807, 2.05) is 4.90 Å². The smallest absolute Gasteiger partial charge is 0.240 e. The molecule has 1 amide bonds. The molecule has 1 aliphatic heterocycles. The highest BCUT2D eigenvalue weighted by molar-refractivity contribution is 7.89. The summed E-state index contributed by atoms with van der Waals surface area (Å²) in [4.78, 5) is 14.6. The first-order chi connectivity index (χ1) is 10.8. The van der Waals surface area contributed by atoms with E-state index in [1.165, 1.54) is 0 Å². The van der Waals surface area contributed by atoms with E-state index in [2.05, 4.69) is 18.6 Å². The molecule has 1 aliphatic rings. The van der Waals surface area contributed by atoms with Crippen LogP contribution in [0.5, 0.6) is 0 Å². The zero-order chi connectivity index (χ0) is 17.0. The van der Waals surface area contributed by atoms with Gasteiger partial charge in [0.15, 0.2) is 0 Å². The molecule has 1 heterocycles. The quantitative estimate of drug-likeness (QED) is 0.893. The van der Waals surface area contributed by atoms with Crippen LogP contribution in [-0.2, 0) is 21.2 Å². The van der Waals surface area contributed by atoms with E-state index < -0.39 is 10.0 Å². The third-order valence-electron chi connectivity index (χ3n) is 4.61. The van der Waals surface area contributed by atoms with Crippen LogP contribution in [0.3, 0.4) is 0 Å². The number of nitrogens with zero attached hydrogens (tertiary/aromatic N) is 1. The van der Waals surface area contributed by atoms with Gasteiger partial charge in [-0.25, -0.2) is 13.1 Å². The van der Waals surface area contributed by atoms with E-state index in [1.54, 1.807) is 31.2 Å². The lowest BCUT2D eigenvalue weighted by atomic mass is 9.88. The van der Waals surface area contributed by atoms with Gasteiger partial charge in [-0.3, -0.25) is 4.79 Å². The van der Waals surface area contributed by atoms with Crippen LogP contribution in [0.25, 0.3) is 0 Å². The first kappa shape index (κ1) is 17.9. The minimum Gasteiger partial charge on any atom is -0.342 e. The molecule has 6 heteroatoms. The van der Waals surface area contributed by atoms with Crippen LogP contribution in [0.4, 0.5) is 0 Å². The minimum absolute atomic E-state index is 0.117. The number of benzene rings is 1. The lowest BCUT2D eigenvalue weighted by Gasteiger charge is -2.35. The predicted octanol–water partition coefficient (Wildman–Crippen LogP) is 2.03. The molecule has 0 unspecified atom stereocenters. The largest absolute Gasteiger partial charge is 0.342 e. The molecule has 0 radical (unpaired) electrons. The number of carbonyl (C=O) groups excluding carboxylic acids is 1. The number of rotatable bonds is 5. The summed E-state index contributed by atoms with van der Waals surface area (Å²) in [7, 11) is -3.43. The molecule has 0 bridgehead atoms. The van der Waals surface area contributed by atoms with Gasteiger partial charge in [0.25, 0.3) is 0 Å². The van der Waals surface area contributed by atoms with Gasteiger partial charge in [0.05, 0.1) is 11.3 Å². The van der Waals surface area contributed by atoms with Gasteiger partial charge >= 0.3 is 0 Å². The molecule has 1 aromatic carbocycles. The summed E-state index contributed by atoms with van der Waals surface area (Å²) in [6.07, 6.45) is 1.37. The van der Waals surface area contributed by atoms with Gasteiger partial charge < -0.3 is 4.90 Å². The highest BCUT2D eigenvalue weighted by Gasteiger charge is 2.25. The maximum Gasteiger partial charge on any atom is 0.240 e. The summed E-state index contributed by atoms with van der Waals surface area (Å²) < 4.78 is 26.2. The summed E-state index contributed by atoms with van der Waals surface area (Å²) in [5, 5.41) is 0. The van der Waals surface area contributed by atoms with Crippen molar-refractivity contribution in [1.29, 1.82) is 0 Å². The van der Waals surface area contributed by atoms with Crippen molar-refractivity contribution < 1.29 is 13.2 Å². The standard InChI is InChI=1S/C17H26N2O3S/c1-4-18-23(21,22)16-7-5-15(6-8-16)11-17(20)19-10-9-13(2)14(3)12-19/h5-8,13-14,18H,4,9-12H2,1-3H3/t13-,14-/m1/s1. The molecule has 0 aromatic heterocycles. The van der Waals surface area contributed by atoms with Crippen LogP contribution in [0.15, 0.2) is 29.2 Å². The van der Waals surface area contributed by atoms with Crippen molar-refractivity contribution >= 4 is 15.9 Å². The van der Waals surface area contributed by atoms with E-state index in [4.69, 9.17) is 0 Å².